The van der Waals surface area contributed by atoms with Crippen LogP contribution in [0.5, 0.6) is 0 Å². The lowest BCUT2D eigenvalue weighted by Crippen LogP contribution is -2.40. The first-order valence-corrected chi connectivity index (χ1v) is 9.47. The predicted molar refractivity (Wildman–Crippen MR) is 93.3 cm³/mol. The minimum atomic E-state index is -3.54. The van der Waals surface area contributed by atoms with Crippen LogP contribution in [0.15, 0.2) is 36.9 Å². The maximum absolute atomic E-state index is 12.0. The van der Waals surface area contributed by atoms with E-state index in [9.17, 15) is 13.2 Å². The molecule has 0 bridgehead atoms. The standard InChI is InChI=1S/C16H23N3O3S/c1-3-10-17-16(20)13-19(23(2,21)22)15-8-6-14(7-9-15)18-11-4-5-12-18/h3,6-9H,1,4-5,10-13H2,2H3,(H,17,20). The Morgan fingerprint density at radius 2 is 1.91 bits per heavy atom. The van der Waals surface area contributed by atoms with Gasteiger partial charge in [-0.25, -0.2) is 8.42 Å². The predicted octanol–water partition coefficient (Wildman–Crippen LogP) is 1.35. The van der Waals surface area contributed by atoms with Gasteiger partial charge in [-0.2, -0.15) is 0 Å². The summed E-state index contributed by atoms with van der Waals surface area (Å²) in [5.41, 5.74) is 1.57. The average molecular weight is 337 g/mol. The molecule has 23 heavy (non-hydrogen) atoms. The van der Waals surface area contributed by atoms with Crippen LogP contribution in [0.3, 0.4) is 0 Å². The van der Waals surface area contributed by atoms with Crippen molar-refractivity contribution in [1.82, 2.24) is 5.32 Å². The highest BCUT2D eigenvalue weighted by atomic mass is 32.2. The molecular formula is C16H23N3O3S. The van der Waals surface area contributed by atoms with E-state index in [1.165, 1.54) is 12.8 Å². The highest BCUT2D eigenvalue weighted by Crippen LogP contribution is 2.24. The summed E-state index contributed by atoms with van der Waals surface area (Å²) in [6, 6.07) is 7.30. The first-order chi connectivity index (χ1) is 10.9. The number of hydrogen-bond acceptors (Lipinski definition) is 4. The normalized spacial score (nSPS) is 14.6. The number of sulfonamides is 1. The monoisotopic (exact) mass is 337 g/mol. The van der Waals surface area contributed by atoms with Crippen LogP contribution < -0.4 is 14.5 Å². The summed E-state index contributed by atoms with van der Waals surface area (Å²) in [4.78, 5) is 14.1. The van der Waals surface area contributed by atoms with Gasteiger partial charge in [0.05, 0.1) is 11.9 Å². The number of benzene rings is 1. The molecule has 0 saturated carbocycles. The van der Waals surface area contributed by atoms with Gasteiger partial charge in [0.1, 0.15) is 6.54 Å². The lowest BCUT2D eigenvalue weighted by atomic mass is 10.2. The maximum Gasteiger partial charge on any atom is 0.241 e. The summed E-state index contributed by atoms with van der Waals surface area (Å²) >= 11 is 0. The van der Waals surface area contributed by atoms with Gasteiger partial charge in [0.15, 0.2) is 0 Å². The molecule has 1 heterocycles. The van der Waals surface area contributed by atoms with Gasteiger partial charge in [0.25, 0.3) is 0 Å². The van der Waals surface area contributed by atoms with E-state index in [4.69, 9.17) is 0 Å². The molecule has 126 valence electrons. The van der Waals surface area contributed by atoms with E-state index in [0.717, 1.165) is 29.3 Å². The Bertz CT molecular complexity index is 650. The van der Waals surface area contributed by atoms with Gasteiger partial charge in [-0.05, 0) is 37.1 Å². The fourth-order valence-corrected chi connectivity index (χ4v) is 3.43. The molecule has 1 N–H and O–H groups in total. The van der Waals surface area contributed by atoms with E-state index in [1.54, 1.807) is 18.2 Å². The Morgan fingerprint density at radius 1 is 1.30 bits per heavy atom. The van der Waals surface area contributed by atoms with Gasteiger partial charge in [0.2, 0.25) is 15.9 Å². The molecule has 0 aliphatic carbocycles. The maximum atomic E-state index is 12.0. The third kappa shape index (κ3) is 4.72. The molecule has 1 fully saturated rings. The molecule has 0 unspecified atom stereocenters. The summed E-state index contributed by atoms with van der Waals surface area (Å²) in [6.07, 6.45) is 5.01. The van der Waals surface area contributed by atoms with E-state index < -0.39 is 10.0 Å². The zero-order valence-corrected chi connectivity index (χ0v) is 14.2. The first kappa shape index (κ1) is 17.3. The summed E-state index contributed by atoms with van der Waals surface area (Å²) in [5, 5.41) is 2.59. The van der Waals surface area contributed by atoms with Crippen LogP contribution in [-0.4, -0.2) is 46.8 Å². The highest BCUT2D eigenvalue weighted by Gasteiger charge is 2.21. The minimum absolute atomic E-state index is 0.240. The van der Waals surface area contributed by atoms with Crippen LogP contribution in [0.2, 0.25) is 0 Å². The van der Waals surface area contributed by atoms with Crippen LogP contribution in [0.4, 0.5) is 11.4 Å². The number of anilines is 2. The van der Waals surface area contributed by atoms with Crippen molar-refractivity contribution in [3.05, 3.63) is 36.9 Å². The topological polar surface area (TPSA) is 69.7 Å². The number of rotatable bonds is 7. The third-order valence-electron chi connectivity index (χ3n) is 3.74. The molecular weight excluding hydrogens is 314 g/mol. The van der Waals surface area contributed by atoms with Crippen LogP contribution in [0.25, 0.3) is 0 Å². The number of amides is 1. The fraction of sp³-hybridized carbons (Fsp3) is 0.438. The van der Waals surface area contributed by atoms with Crippen molar-refractivity contribution in [2.75, 3.05) is 41.6 Å². The number of nitrogens with zero attached hydrogens (tertiary/aromatic N) is 2. The minimum Gasteiger partial charge on any atom is -0.372 e. The Kier molecular flexibility index (Phi) is 5.65. The molecule has 0 atom stereocenters. The molecule has 2 rings (SSSR count). The van der Waals surface area contributed by atoms with Crippen LogP contribution in [-0.2, 0) is 14.8 Å². The summed E-state index contributed by atoms with van der Waals surface area (Å²) < 4.78 is 25.1. The highest BCUT2D eigenvalue weighted by molar-refractivity contribution is 7.92. The molecule has 7 heteroatoms. The Labute approximate surface area is 137 Å². The summed E-state index contributed by atoms with van der Waals surface area (Å²) in [7, 11) is -3.54. The zero-order chi connectivity index (χ0) is 16.9. The third-order valence-corrected chi connectivity index (χ3v) is 4.88. The zero-order valence-electron chi connectivity index (χ0n) is 13.4. The van der Waals surface area contributed by atoms with Gasteiger partial charge in [-0.15, -0.1) is 6.58 Å². The van der Waals surface area contributed by atoms with Gasteiger partial charge < -0.3 is 10.2 Å². The van der Waals surface area contributed by atoms with Crippen molar-refractivity contribution in [3.63, 3.8) is 0 Å². The molecule has 1 aromatic rings. The van der Waals surface area contributed by atoms with Gasteiger partial charge in [0, 0.05) is 25.3 Å². The molecule has 1 amide bonds. The van der Waals surface area contributed by atoms with Gasteiger partial charge in [-0.1, -0.05) is 6.08 Å². The van der Waals surface area contributed by atoms with Crippen LogP contribution in [0.1, 0.15) is 12.8 Å². The lowest BCUT2D eigenvalue weighted by Gasteiger charge is -2.23. The lowest BCUT2D eigenvalue weighted by molar-refractivity contribution is -0.119. The van der Waals surface area contributed by atoms with Gasteiger partial charge in [-0.3, -0.25) is 9.10 Å². The quantitative estimate of drug-likeness (QED) is 0.763. The Morgan fingerprint density at radius 3 is 2.43 bits per heavy atom. The number of nitrogens with one attached hydrogen (secondary N) is 1. The van der Waals surface area contributed by atoms with Crippen molar-refractivity contribution in [3.8, 4) is 0 Å². The second-order valence-corrected chi connectivity index (χ2v) is 7.48. The molecule has 1 saturated heterocycles. The largest absolute Gasteiger partial charge is 0.372 e. The molecule has 0 aromatic heterocycles. The molecule has 0 spiro atoms. The van der Waals surface area contributed by atoms with Crippen molar-refractivity contribution in [2.45, 2.75) is 12.8 Å². The molecule has 1 aliphatic heterocycles. The van der Waals surface area contributed by atoms with E-state index in [1.807, 2.05) is 12.1 Å². The smallest absolute Gasteiger partial charge is 0.241 e. The average Bonchev–Trinajstić information content (AvgIpc) is 3.04. The fourth-order valence-electron chi connectivity index (χ4n) is 2.58. The molecule has 1 aliphatic rings. The van der Waals surface area contributed by atoms with Crippen molar-refractivity contribution >= 4 is 27.3 Å². The summed E-state index contributed by atoms with van der Waals surface area (Å²) in [5.74, 6) is -0.362. The first-order valence-electron chi connectivity index (χ1n) is 7.62. The van der Waals surface area contributed by atoms with Crippen LogP contribution in [0, 0.1) is 0 Å². The molecule has 1 aromatic carbocycles. The van der Waals surface area contributed by atoms with Crippen molar-refractivity contribution in [1.29, 1.82) is 0 Å². The van der Waals surface area contributed by atoms with E-state index >= 15 is 0 Å². The van der Waals surface area contributed by atoms with E-state index in [-0.39, 0.29) is 12.5 Å². The summed E-state index contributed by atoms with van der Waals surface area (Å²) in [6.45, 7) is 5.64. The number of hydrogen-bond donors (Lipinski definition) is 1. The van der Waals surface area contributed by atoms with Crippen LogP contribution >= 0.6 is 0 Å². The SMILES string of the molecule is C=CCNC(=O)CN(c1ccc(N2CCCC2)cc1)S(C)(=O)=O. The second kappa shape index (κ2) is 7.50. The van der Waals surface area contributed by atoms with E-state index in [0.29, 0.717) is 12.2 Å². The number of carbonyl (C=O) groups excluding carboxylic acids is 1. The van der Waals surface area contributed by atoms with Gasteiger partial charge >= 0.3 is 0 Å². The Hall–Kier alpha value is -2.02. The Balaban J connectivity index is 2.15. The second-order valence-electron chi connectivity index (χ2n) is 5.57. The van der Waals surface area contributed by atoms with E-state index in [2.05, 4.69) is 16.8 Å². The van der Waals surface area contributed by atoms with Crippen molar-refractivity contribution < 1.29 is 13.2 Å². The molecule has 0 radical (unpaired) electrons. The van der Waals surface area contributed by atoms with Crippen molar-refractivity contribution in [2.24, 2.45) is 0 Å². The molecule has 6 nitrogen and oxygen atoms in total. The number of carbonyl (C=O) groups is 1.